The molecule has 7 nitrogen and oxygen atoms in total. The third kappa shape index (κ3) is 3.44. The molecule has 152 valence electrons. The highest BCUT2D eigenvalue weighted by Gasteiger charge is 2.29. The maximum absolute atomic E-state index is 15.2. The largest absolute Gasteiger partial charge is 0.492 e. The van der Waals surface area contributed by atoms with Crippen molar-refractivity contribution >= 4 is 22.6 Å². The molecule has 0 bridgehead atoms. The number of ether oxygens (including phenoxy) is 1. The van der Waals surface area contributed by atoms with E-state index in [1.165, 1.54) is 13.3 Å². The van der Waals surface area contributed by atoms with Crippen LogP contribution in [0.3, 0.4) is 0 Å². The number of nitrogens with zero attached hydrogens (tertiary/aromatic N) is 2. The van der Waals surface area contributed by atoms with Crippen molar-refractivity contribution < 1.29 is 19.0 Å². The Morgan fingerprint density at radius 3 is 2.54 bits per heavy atom. The molecule has 1 aliphatic heterocycles. The standard InChI is InChI=1S/C20H26FN3O4/c1-5-6-23-10-14(20(26)27)18(25)13-7-15(21)17(19(28-4)16(13)23)24-8-11(2)22-12(3)9-24/h7,10-12,22H,5-6,8-9H2,1-4H3,(H,26,27)/t11-,12+. The molecule has 1 aromatic carbocycles. The first-order chi connectivity index (χ1) is 13.3. The molecule has 1 aliphatic rings. The Bertz CT molecular complexity index is 962. The van der Waals surface area contributed by atoms with Crippen molar-refractivity contribution in [1.82, 2.24) is 9.88 Å². The average Bonchev–Trinajstić information content (AvgIpc) is 2.62. The van der Waals surface area contributed by atoms with Gasteiger partial charge in [0.1, 0.15) is 11.3 Å². The number of carboxylic acids is 1. The fourth-order valence-corrected chi connectivity index (χ4v) is 4.06. The van der Waals surface area contributed by atoms with Crippen molar-refractivity contribution in [2.24, 2.45) is 0 Å². The number of carboxylic acid groups (broad SMARTS) is 1. The van der Waals surface area contributed by atoms with Crippen LogP contribution in [0.25, 0.3) is 10.9 Å². The minimum Gasteiger partial charge on any atom is -0.492 e. The lowest BCUT2D eigenvalue weighted by atomic mass is 10.1. The lowest BCUT2D eigenvalue weighted by molar-refractivity contribution is 0.0694. The van der Waals surface area contributed by atoms with Crippen LogP contribution in [-0.4, -0.2) is 47.9 Å². The van der Waals surface area contributed by atoms with Gasteiger partial charge in [-0.05, 0) is 26.3 Å². The maximum Gasteiger partial charge on any atom is 0.341 e. The van der Waals surface area contributed by atoms with Crippen LogP contribution in [0.15, 0.2) is 17.1 Å². The van der Waals surface area contributed by atoms with E-state index in [0.717, 1.165) is 6.07 Å². The summed E-state index contributed by atoms with van der Waals surface area (Å²) in [6, 6.07) is 1.47. The van der Waals surface area contributed by atoms with E-state index >= 15 is 4.39 Å². The highest BCUT2D eigenvalue weighted by molar-refractivity contribution is 5.97. The van der Waals surface area contributed by atoms with Gasteiger partial charge in [0.25, 0.3) is 0 Å². The lowest BCUT2D eigenvalue weighted by Crippen LogP contribution is -2.54. The summed E-state index contributed by atoms with van der Waals surface area (Å²) in [5.41, 5.74) is -0.350. The number of aromatic carboxylic acids is 1. The Kier molecular flexibility index (Phi) is 5.60. The monoisotopic (exact) mass is 391 g/mol. The minimum atomic E-state index is -1.33. The Hall–Kier alpha value is -2.61. The van der Waals surface area contributed by atoms with Gasteiger partial charge in [0.2, 0.25) is 5.43 Å². The number of aryl methyl sites for hydroxylation is 1. The molecule has 0 radical (unpaired) electrons. The van der Waals surface area contributed by atoms with E-state index in [2.05, 4.69) is 5.32 Å². The molecule has 0 aliphatic carbocycles. The van der Waals surface area contributed by atoms with Gasteiger partial charge in [-0.25, -0.2) is 9.18 Å². The van der Waals surface area contributed by atoms with Crippen molar-refractivity contribution in [2.75, 3.05) is 25.1 Å². The highest BCUT2D eigenvalue weighted by atomic mass is 19.1. The van der Waals surface area contributed by atoms with Crippen molar-refractivity contribution in [2.45, 2.75) is 45.8 Å². The van der Waals surface area contributed by atoms with Gasteiger partial charge >= 0.3 is 5.97 Å². The van der Waals surface area contributed by atoms with Crippen LogP contribution >= 0.6 is 0 Å². The minimum absolute atomic E-state index is 0.0164. The van der Waals surface area contributed by atoms with Gasteiger partial charge in [-0.2, -0.15) is 0 Å². The van der Waals surface area contributed by atoms with Crippen LogP contribution in [0.1, 0.15) is 37.6 Å². The third-order valence-corrected chi connectivity index (χ3v) is 5.02. The van der Waals surface area contributed by atoms with Gasteiger partial charge in [-0.15, -0.1) is 0 Å². The van der Waals surface area contributed by atoms with Crippen molar-refractivity contribution in [1.29, 1.82) is 0 Å². The topological polar surface area (TPSA) is 83.8 Å². The molecule has 0 saturated carbocycles. The van der Waals surface area contributed by atoms with Crippen LogP contribution in [0.5, 0.6) is 5.75 Å². The fraction of sp³-hybridized carbons (Fsp3) is 0.500. The van der Waals surface area contributed by atoms with E-state index in [-0.39, 0.29) is 28.8 Å². The van der Waals surface area contributed by atoms with Crippen molar-refractivity contribution in [3.63, 3.8) is 0 Å². The number of pyridine rings is 1. The lowest BCUT2D eigenvalue weighted by Gasteiger charge is -2.38. The molecule has 0 unspecified atom stereocenters. The number of carbonyl (C=O) groups is 1. The molecule has 0 spiro atoms. The fourth-order valence-electron chi connectivity index (χ4n) is 4.06. The maximum atomic E-state index is 15.2. The smallest absolute Gasteiger partial charge is 0.341 e. The molecule has 3 rings (SSSR count). The molecule has 1 fully saturated rings. The van der Waals surface area contributed by atoms with Crippen molar-refractivity contribution in [3.05, 3.63) is 33.9 Å². The van der Waals surface area contributed by atoms with Gasteiger partial charge in [0, 0.05) is 37.9 Å². The van der Waals surface area contributed by atoms with Crippen LogP contribution in [0.2, 0.25) is 0 Å². The molecule has 28 heavy (non-hydrogen) atoms. The summed E-state index contributed by atoms with van der Waals surface area (Å²) in [5.74, 6) is -1.66. The number of piperazine rings is 1. The molecule has 2 N–H and O–H groups in total. The molecule has 2 heterocycles. The van der Waals surface area contributed by atoms with E-state index in [9.17, 15) is 14.7 Å². The summed E-state index contributed by atoms with van der Waals surface area (Å²) in [7, 11) is 1.44. The van der Waals surface area contributed by atoms with Crippen molar-refractivity contribution in [3.8, 4) is 5.75 Å². The second-order valence-corrected chi connectivity index (χ2v) is 7.38. The molecular formula is C20H26FN3O4. The zero-order valence-electron chi connectivity index (χ0n) is 16.6. The zero-order chi connectivity index (χ0) is 20.6. The second-order valence-electron chi connectivity index (χ2n) is 7.38. The van der Waals surface area contributed by atoms with E-state index in [4.69, 9.17) is 4.74 Å². The Morgan fingerprint density at radius 2 is 2.00 bits per heavy atom. The van der Waals surface area contributed by atoms with E-state index in [1.54, 1.807) is 4.57 Å². The number of hydrogen-bond acceptors (Lipinski definition) is 5. The number of methoxy groups -OCH3 is 1. The van der Waals surface area contributed by atoms with Crippen LogP contribution in [0.4, 0.5) is 10.1 Å². The Morgan fingerprint density at radius 1 is 1.36 bits per heavy atom. The first-order valence-electron chi connectivity index (χ1n) is 9.46. The van der Waals surface area contributed by atoms with E-state index in [1.807, 2.05) is 25.7 Å². The summed E-state index contributed by atoms with van der Waals surface area (Å²) in [6.07, 6.45) is 2.04. The number of anilines is 1. The zero-order valence-corrected chi connectivity index (χ0v) is 16.6. The molecule has 0 amide bonds. The van der Waals surface area contributed by atoms with Gasteiger partial charge in [0.15, 0.2) is 11.6 Å². The number of hydrogen-bond donors (Lipinski definition) is 2. The van der Waals surface area contributed by atoms with Gasteiger partial charge in [-0.3, -0.25) is 4.79 Å². The molecular weight excluding hydrogens is 365 g/mol. The predicted octanol–water partition coefficient (Wildman–Crippen LogP) is 2.44. The summed E-state index contributed by atoms with van der Waals surface area (Å²) >= 11 is 0. The summed E-state index contributed by atoms with van der Waals surface area (Å²) in [6.45, 7) is 7.66. The first kappa shape index (κ1) is 20.1. The molecule has 1 aromatic heterocycles. The van der Waals surface area contributed by atoms with Gasteiger partial charge < -0.3 is 24.6 Å². The molecule has 8 heteroatoms. The SMILES string of the molecule is CCCn1cc(C(=O)O)c(=O)c2cc(F)c(N3C[C@@H](C)N[C@@H](C)C3)c(OC)c21. The van der Waals surface area contributed by atoms with E-state index < -0.39 is 17.2 Å². The highest BCUT2D eigenvalue weighted by Crippen LogP contribution is 2.39. The summed E-state index contributed by atoms with van der Waals surface area (Å²) < 4.78 is 22.5. The summed E-state index contributed by atoms with van der Waals surface area (Å²) in [4.78, 5) is 26.1. The first-order valence-corrected chi connectivity index (χ1v) is 9.46. The number of rotatable bonds is 5. The van der Waals surface area contributed by atoms with Gasteiger partial charge in [-0.1, -0.05) is 6.92 Å². The molecule has 2 atom stereocenters. The molecule has 2 aromatic rings. The third-order valence-electron chi connectivity index (χ3n) is 5.02. The Labute approximate surface area is 162 Å². The number of aromatic nitrogens is 1. The number of nitrogens with one attached hydrogen (secondary N) is 1. The predicted molar refractivity (Wildman–Crippen MR) is 106 cm³/mol. The van der Waals surface area contributed by atoms with E-state index in [0.29, 0.717) is 37.3 Å². The summed E-state index contributed by atoms with van der Waals surface area (Å²) in [5, 5.41) is 12.8. The van der Waals surface area contributed by atoms with Gasteiger partial charge in [0.05, 0.1) is 18.0 Å². The number of halogens is 1. The quantitative estimate of drug-likeness (QED) is 0.815. The van der Waals surface area contributed by atoms with Crippen LogP contribution < -0.4 is 20.4 Å². The normalized spacial score (nSPS) is 19.8. The van der Waals surface area contributed by atoms with Crippen LogP contribution in [0, 0.1) is 5.82 Å². The average molecular weight is 391 g/mol. The Balaban J connectivity index is 2.34. The molecule has 1 saturated heterocycles. The number of fused-ring (bicyclic) bond motifs is 1. The number of benzene rings is 1. The van der Waals surface area contributed by atoms with Crippen LogP contribution in [-0.2, 0) is 6.54 Å². The second kappa shape index (κ2) is 7.79.